The minimum atomic E-state index is -0.975. The number of carbonyl (C=O) groups is 1. The molecule has 11 heteroatoms. The van der Waals surface area contributed by atoms with Crippen LogP contribution < -0.4 is 15.6 Å². The average molecular weight is 486 g/mol. The highest BCUT2D eigenvalue weighted by molar-refractivity contribution is 5.88. The summed E-state index contributed by atoms with van der Waals surface area (Å²) in [5.74, 6) is 1.31. The van der Waals surface area contributed by atoms with Crippen molar-refractivity contribution in [1.29, 1.82) is 0 Å². The number of carboxylic acids is 1. The van der Waals surface area contributed by atoms with E-state index in [1.165, 1.54) is 18.3 Å². The Labute approximate surface area is 206 Å². The van der Waals surface area contributed by atoms with E-state index in [2.05, 4.69) is 30.8 Å². The van der Waals surface area contributed by atoms with Gasteiger partial charge in [-0.15, -0.1) is 0 Å². The molecule has 3 N–H and O–H groups in total. The number of hydrazone groups is 1. The molecule has 1 aliphatic heterocycles. The van der Waals surface area contributed by atoms with Crippen LogP contribution in [0, 0.1) is 0 Å². The van der Waals surface area contributed by atoms with Gasteiger partial charge in [0.25, 0.3) is 0 Å². The number of aromatic nitrogens is 3. The van der Waals surface area contributed by atoms with Gasteiger partial charge in [-0.3, -0.25) is 0 Å². The SMILES string of the molecule is O=C(O)c1ccc(-c2ccc(C=NNc3nc(Nc4ccccc4)nc(N4CCOCC4)n3)o2)cc1. The minimum Gasteiger partial charge on any atom is -0.478 e. The summed E-state index contributed by atoms with van der Waals surface area (Å²) in [7, 11) is 0. The smallest absolute Gasteiger partial charge is 0.335 e. The van der Waals surface area contributed by atoms with Crippen LogP contribution in [0.2, 0.25) is 0 Å². The summed E-state index contributed by atoms with van der Waals surface area (Å²) in [5.41, 5.74) is 4.68. The Kier molecular flexibility index (Phi) is 6.81. The highest BCUT2D eigenvalue weighted by Crippen LogP contribution is 2.22. The van der Waals surface area contributed by atoms with Crippen LogP contribution in [0.15, 0.2) is 76.2 Å². The third kappa shape index (κ3) is 5.65. The fraction of sp³-hybridized carbons (Fsp3) is 0.160. The van der Waals surface area contributed by atoms with Crippen molar-refractivity contribution in [3.8, 4) is 11.3 Å². The Morgan fingerprint density at radius 2 is 1.69 bits per heavy atom. The maximum absolute atomic E-state index is 11.0. The molecule has 0 unspecified atom stereocenters. The van der Waals surface area contributed by atoms with Crippen molar-refractivity contribution in [3.05, 3.63) is 78.1 Å². The molecule has 11 nitrogen and oxygen atoms in total. The molecule has 0 spiro atoms. The quantitative estimate of drug-likeness (QED) is 0.249. The van der Waals surface area contributed by atoms with Crippen molar-refractivity contribution in [3.63, 3.8) is 0 Å². The predicted octanol–water partition coefficient (Wildman–Crippen LogP) is 3.86. The average Bonchev–Trinajstić information content (AvgIpc) is 3.39. The molecule has 36 heavy (non-hydrogen) atoms. The summed E-state index contributed by atoms with van der Waals surface area (Å²) in [6.45, 7) is 2.57. The van der Waals surface area contributed by atoms with E-state index in [1.807, 2.05) is 35.2 Å². The zero-order valence-electron chi connectivity index (χ0n) is 19.2. The molecule has 2 aromatic carbocycles. The second-order valence-electron chi connectivity index (χ2n) is 7.83. The number of nitrogens with one attached hydrogen (secondary N) is 2. The zero-order valence-corrected chi connectivity index (χ0v) is 19.2. The van der Waals surface area contributed by atoms with E-state index in [4.69, 9.17) is 14.3 Å². The predicted molar refractivity (Wildman–Crippen MR) is 135 cm³/mol. The lowest BCUT2D eigenvalue weighted by Gasteiger charge is -2.27. The molecule has 5 rings (SSSR count). The van der Waals surface area contributed by atoms with Gasteiger partial charge in [0.05, 0.1) is 25.0 Å². The van der Waals surface area contributed by atoms with Crippen LogP contribution in [-0.2, 0) is 4.74 Å². The van der Waals surface area contributed by atoms with Crippen LogP contribution in [0.3, 0.4) is 0 Å². The number of morpholine rings is 1. The molecule has 2 aromatic heterocycles. The first-order valence-electron chi connectivity index (χ1n) is 11.3. The van der Waals surface area contributed by atoms with Crippen molar-refractivity contribution in [2.45, 2.75) is 0 Å². The lowest BCUT2D eigenvalue weighted by molar-refractivity contribution is 0.0697. The number of carboxylic acid groups (broad SMARTS) is 1. The number of anilines is 4. The Bertz CT molecular complexity index is 1350. The van der Waals surface area contributed by atoms with Gasteiger partial charge in [-0.05, 0) is 36.4 Å². The molecule has 0 radical (unpaired) electrons. The third-order valence-electron chi connectivity index (χ3n) is 5.35. The van der Waals surface area contributed by atoms with Gasteiger partial charge in [-0.2, -0.15) is 20.1 Å². The second-order valence-corrected chi connectivity index (χ2v) is 7.83. The Hall–Kier alpha value is -4.77. The van der Waals surface area contributed by atoms with E-state index >= 15 is 0 Å². The van der Waals surface area contributed by atoms with E-state index in [9.17, 15) is 4.79 Å². The largest absolute Gasteiger partial charge is 0.478 e. The number of benzene rings is 2. The fourth-order valence-corrected chi connectivity index (χ4v) is 3.53. The standard InChI is InChI=1S/C25H23N7O4/c33-22(34)18-8-6-17(7-9-18)21-11-10-20(36-21)16-26-31-24-28-23(27-19-4-2-1-3-5-19)29-25(30-24)32-12-14-35-15-13-32/h1-11,16H,12-15H2,(H,33,34)(H2,27,28,29,30,31). The molecular weight excluding hydrogens is 462 g/mol. The van der Waals surface area contributed by atoms with Crippen molar-refractivity contribution in [1.82, 2.24) is 15.0 Å². The number of rotatable bonds is 8. The van der Waals surface area contributed by atoms with Crippen LogP contribution in [0.1, 0.15) is 16.1 Å². The van der Waals surface area contributed by atoms with E-state index in [-0.39, 0.29) is 11.5 Å². The molecule has 4 aromatic rings. The normalized spacial score (nSPS) is 13.6. The van der Waals surface area contributed by atoms with Crippen LogP contribution >= 0.6 is 0 Å². The molecule has 0 aliphatic carbocycles. The first kappa shape index (κ1) is 23.0. The number of furan rings is 1. The lowest BCUT2D eigenvalue weighted by Crippen LogP contribution is -2.37. The Morgan fingerprint density at radius 1 is 0.944 bits per heavy atom. The van der Waals surface area contributed by atoms with Crippen LogP contribution in [-0.4, -0.2) is 58.5 Å². The van der Waals surface area contributed by atoms with Gasteiger partial charge in [0.15, 0.2) is 0 Å². The third-order valence-corrected chi connectivity index (χ3v) is 5.35. The maximum atomic E-state index is 11.0. The molecule has 0 amide bonds. The molecule has 3 heterocycles. The summed E-state index contributed by atoms with van der Waals surface area (Å²) >= 11 is 0. The van der Waals surface area contributed by atoms with Crippen molar-refractivity contribution in [2.24, 2.45) is 5.10 Å². The Morgan fingerprint density at radius 3 is 2.44 bits per heavy atom. The van der Waals surface area contributed by atoms with Gasteiger partial charge in [-0.25, -0.2) is 10.2 Å². The van der Waals surface area contributed by atoms with Gasteiger partial charge in [0.2, 0.25) is 17.8 Å². The topological polar surface area (TPSA) is 138 Å². The molecule has 0 atom stereocenters. The van der Waals surface area contributed by atoms with E-state index in [0.29, 0.717) is 49.7 Å². The number of hydrogen-bond acceptors (Lipinski definition) is 10. The van der Waals surface area contributed by atoms with E-state index in [0.717, 1.165) is 11.3 Å². The number of ether oxygens (including phenoxy) is 1. The second kappa shape index (κ2) is 10.7. The first-order valence-corrected chi connectivity index (χ1v) is 11.3. The van der Waals surface area contributed by atoms with Gasteiger partial charge < -0.3 is 24.5 Å². The van der Waals surface area contributed by atoms with Gasteiger partial charge in [-0.1, -0.05) is 30.3 Å². The van der Waals surface area contributed by atoms with Gasteiger partial charge >= 0.3 is 5.97 Å². The molecule has 1 saturated heterocycles. The molecule has 0 saturated carbocycles. The number of hydrogen-bond donors (Lipinski definition) is 3. The summed E-state index contributed by atoms with van der Waals surface area (Å²) < 4.78 is 11.2. The summed E-state index contributed by atoms with van der Waals surface area (Å²) in [4.78, 5) is 26.6. The van der Waals surface area contributed by atoms with Crippen molar-refractivity contribution < 1.29 is 19.1 Å². The summed E-state index contributed by atoms with van der Waals surface area (Å²) in [5, 5.41) is 16.5. The number of para-hydroxylation sites is 1. The van der Waals surface area contributed by atoms with E-state index in [1.54, 1.807) is 24.3 Å². The van der Waals surface area contributed by atoms with Crippen molar-refractivity contribution in [2.75, 3.05) is 41.9 Å². The first-order chi connectivity index (χ1) is 17.6. The van der Waals surface area contributed by atoms with E-state index < -0.39 is 5.97 Å². The summed E-state index contributed by atoms with van der Waals surface area (Å²) in [6.07, 6.45) is 1.51. The number of nitrogens with zero attached hydrogens (tertiary/aromatic N) is 5. The van der Waals surface area contributed by atoms with Crippen LogP contribution in [0.5, 0.6) is 0 Å². The maximum Gasteiger partial charge on any atom is 0.335 e. The van der Waals surface area contributed by atoms with Gasteiger partial charge in [0.1, 0.15) is 11.5 Å². The fourth-order valence-electron chi connectivity index (χ4n) is 3.53. The minimum absolute atomic E-state index is 0.214. The monoisotopic (exact) mass is 485 g/mol. The summed E-state index contributed by atoms with van der Waals surface area (Å²) in [6, 6.07) is 19.6. The highest BCUT2D eigenvalue weighted by atomic mass is 16.5. The van der Waals surface area contributed by atoms with Crippen LogP contribution in [0.25, 0.3) is 11.3 Å². The Balaban J connectivity index is 1.31. The molecule has 1 fully saturated rings. The van der Waals surface area contributed by atoms with Gasteiger partial charge in [0, 0.05) is 24.3 Å². The highest BCUT2D eigenvalue weighted by Gasteiger charge is 2.17. The molecular formula is C25H23N7O4. The molecule has 182 valence electrons. The lowest BCUT2D eigenvalue weighted by atomic mass is 10.1. The number of aromatic carboxylic acids is 1. The zero-order chi connectivity index (χ0) is 24.7. The van der Waals surface area contributed by atoms with Crippen LogP contribution in [0.4, 0.5) is 23.5 Å². The molecule has 0 bridgehead atoms. The van der Waals surface area contributed by atoms with Crippen molar-refractivity contribution >= 4 is 35.7 Å². The molecule has 1 aliphatic rings.